The molecule has 1 aromatic carbocycles. The Balaban J connectivity index is 2.86. The van der Waals surface area contributed by atoms with Crippen molar-refractivity contribution in [1.29, 1.82) is 0 Å². The maximum atomic E-state index is 13.3. The highest BCUT2D eigenvalue weighted by Gasteiger charge is 2.10. The Morgan fingerprint density at radius 1 is 1.29 bits per heavy atom. The third kappa shape index (κ3) is 2.95. The first-order chi connectivity index (χ1) is 6.50. The highest BCUT2D eigenvalue weighted by molar-refractivity contribution is 6.20. The van der Waals surface area contributed by atoms with Gasteiger partial charge < -0.3 is 0 Å². The Kier molecular flexibility index (Phi) is 3.87. The smallest absolute Gasteiger partial charge is 0.129 e. The van der Waals surface area contributed by atoms with Gasteiger partial charge in [0.15, 0.2) is 0 Å². The lowest BCUT2D eigenvalue weighted by atomic mass is 10.1. The summed E-state index contributed by atoms with van der Waals surface area (Å²) in [6.45, 7) is 3.48. The molecule has 0 fully saturated rings. The average molecular weight is 219 g/mol. The number of alkyl halides is 1. The van der Waals surface area contributed by atoms with Crippen molar-refractivity contribution in [2.24, 2.45) is 0 Å². The minimum Gasteiger partial charge on any atom is -0.207 e. The van der Waals surface area contributed by atoms with Crippen LogP contribution in [0.3, 0.4) is 0 Å². The van der Waals surface area contributed by atoms with Crippen LogP contribution in [-0.4, -0.2) is 5.38 Å². The molecule has 0 aromatic heterocycles. The molecule has 0 nitrogen and oxygen atoms in total. The fourth-order valence-corrected chi connectivity index (χ4v) is 1.42. The van der Waals surface area contributed by atoms with E-state index in [-0.39, 0.29) is 10.9 Å². The molecule has 1 atom stereocenters. The predicted molar refractivity (Wildman–Crippen MR) is 54.7 cm³/mol. The van der Waals surface area contributed by atoms with Crippen molar-refractivity contribution in [2.75, 3.05) is 0 Å². The highest BCUT2D eigenvalue weighted by Crippen LogP contribution is 2.18. The van der Waals surface area contributed by atoms with Crippen molar-refractivity contribution in [3.63, 3.8) is 0 Å². The van der Waals surface area contributed by atoms with Gasteiger partial charge in [-0.25, -0.2) is 8.78 Å². The van der Waals surface area contributed by atoms with E-state index in [0.29, 0.717) is 18.4 Å². The quantitative estimate of drug-likeness (QED) is 0.677. The van der Waals surface area contributed by atoms with Gasteiger partial charge in [0, 0.05) is 10.9 Å². The summed E-state index contributed by atoms with van der Waals surface area (Å²) in [5.41, 5.74) is 0.741. The number of aryl methyl sites for hydroxylation is 1. The van der Waals surface area contributed by atoms with Crippen molar-refractivity contribution in [2.45, 2.75) is 32.1 Å². The van der Waals surface area contributed by atoms with Gasteiger partial charge in [-0.2, -0.15) is 0 Å². The molecule has 14 heavy (non-hydrogen) atoms. The van der Waals surface area contributed by atoms with E-state index in [0.717, 1.165) is 0 Å². The minimum absolute atomic E-state index is 0.0601. The maximum absolute atomic E-state index is 13.3. The maximum Gasteiger partial charge on any atom is 0.129 e. The molecule has 0 radical (unpaired) electrons. The third-order valence-corrected chi connectivity index (χ3v) is 2.30. The van der Waals surface area contributed by atoms with Crippen molar-refractivity contribution >= 4 is 11.6 Å². The average Bonchev–Trinajstić information content (AvgIpc) is 2.01. The zero-order valence-corrected chi connectivity index (χ0v) is 9.04. The van der Waals surface area contributed by atoms with Crippen LogP contribution >= 0.6 is 11.6 Å². The summed E-state index contributed by atoms with van der Waals surface area (Å²) in [6.07, 6.45) is 0.932. The van der Waals surface area contributed by atoms with Crippen LogP contribution in [-0.2, 0) is 6.42 Å². The molecular weight excluding hydrogens is 206 g/mol. The first-order valence-corrected chi connectivity index (χ1v) is 5.03. The van der Waals surface area contributed by atoms with Crippen LogP contribution in [0.1, 0.15) is 24.5 Å². The fourth-order valence-electron chi connectivity index (χ4n) is 1.31. The molecule has 0 heterocycles. The molecule has 1 aromatic rings. The fraction of sp³-hybridized carbons (Fsp3) is 0.455. The largest absolute Gasteiger partial charge is 0.207 e. The molecule has 3 heteroatoms. The highest BCUT2D eigenvalue weighted by atomic mass is 35.5. The Bertz CT molecular complexity index is 298. The van der Waals surface area contributed by atoms with Crippen molar-refractivity contribution in [3.8, 4) is 0 Å². The van der Waals surface area contributed by atoms with Crippen LogP contribution in [0.4, 0.5) is 8.78 Å². The molecule has 1 unspecified atom stereocenters. The van der Waals surface area contributed by atoms with Crippen LogP contribution < -0.4 is 0 Å². The lowest BCUT2D eigenvalue weighted by Gasteiger charge is -2.07. The molecular formula is C11H13ClF2. The summed E-state index contributed by atoms with van der Waals surface area (Å²) >= 11 is 5.72. The SMILES string of the molecule is Cc1cc(F)c(CCC(C)Cl)c(F)c1. The Morgan fingerprint density at radius 3 is 2.21 bits per heavy atom. The topological polar surface area (TPSA) is 0 Å². The van der Waals surface area contributed by atoms with E-state index in [9.17, 15) is 8.78 Å². The van der Waals surface area contributed by atoms with Gasteiger partial charge in [0.05, 0.1) is 0 Å². The standard InChI is InChI=1S/C11H13ClF2/c1-7-5-10(13)9(11(14)6-7)4-3-8(2)12/h5-6,8H,3-4H2,1-2H3. The zero-order valence-electron chi connectivity index (χ0n) is 8.28. The molecule has 0 aliphatic rings. The summed E-state index contributed by atoms with van der Waals surface area (Å²) in [5, 5.41) is -0.0601. The van der Waals surface area contributed by atoms with E-state index in [2.05, 4.69) is 0 Å². The monoisotopic (exact) mass is 218 g/mol. The Morgan fingerprint density at radius 2 is 1.79 bits per heavy atom. The van der Waals surface area contributed by atoms with E-state index in [4.69, 9.17) is 11.6 Å². The summed E-state index contributed by atoms with van der Waals surface area (Å²) in [6, 6.07) is 2.69. The molecule has 1 rings (SSSR count). The summed E-state index contributed by atoms with van der Waals surface area (Å²) in [7, 11) is 0. The number of rotatable bonds is 3. The van der Waals surface area contributed by atoms with Gasteiger partial charge in [-0.05, 0) is 44.4 Å². The lowest BCUT2D eigenvalue weighted by Crippen LogP contribution is -2.01. The lowest BCUT2D eigenvalue weighted by molar-refractivity contribution is 0.548. The summed E-state index contributed by atoms with van der Waals surface area (Å²) in [4.78, 5) is 0. The second-order valence-electron chi connectivity index (χ2n) is 3.53. The van der Waals surface area contributed by atoms with E-state index in [1.165, 1.54) is 12.1 Å². The summed E-state index contributed by atoms with van der Waals surface area (Å²) in [5.74, 6) is -0.945. The third-order valence-electron chi connectivity index (χ3n) is 2.08. The molecule has 0 amide bonds. The molecule has 0 saturated carbocycles. The molecule has 0 bridgehead atoms. The number of benzene rings is 1. The van der Waals surface area contributed by atoms with Crippen LogP contribution in [0.2, 0.25) is 0 Å². The second kappa shape index (κ2) is 4.74. The van der Waals surface area contributed by atoms with Gasteiger partial charge in [-0.15, -0.1) is 11.6 Å². The van der Waals surface area contributed by atoms with E-state index in [1.54, 1.807) is 6.92 Å². The predicted octanol–water partition coefficient (Wildman–Crippen LogP) is 3.83. The first-order valence-electron chi connectivity index (χ1n) is 4.59. The minimum atomic E-state index is -0.472. The number of hydrogen-bond donors (Lipinski definition) is 0. The van der Waals surface area contributed by atoms with E-state index >= 15 is 0 Å². The van der Waals surface area contributed by atoms with Crippen molar-refractivity contribution in [1.82, 2.24) is 0 Å². The van der Waals surface area contributed by atoms with E-state index < -0.39 is 11.6 Å². The van der Waals surface area contributed by atoms with Gasteiger partial charge in [0.2, 0.25) is 0 Å². The summed E-state index contributed by atoms with van der Waals surface area (Å²) < 4.78 is 26.6. The zero-order chi connectivity index (χ0) is 10.7. The van der Waals surface area contributed by atoms with Crippen LogP contribution in [0.25, 0.3) is 0 Å². The van der Waals surface area contributed by atoms with E-state index in [1.807, 2.05) is 6.92 Å². The normalized spacial score (nSPS) is 12.9. The van der Waals surface area contributed by atoms with Gasteiger partial charge in [0.25, 0.3) is 0 Å². The van der Waals surface area contributed by atoms with Gasteiger partial charge in [0.1, 0.15) is 11.6 Å². The van der Waals surface area contributed by atoms with Crippen molar-refractivity contribution in [3.05, 3.63) is 34.9 Å². The molecule has 0 aliphatic carbocycles. The molecule has 78 valence electrons. The molecule has 0 N–H and O–H groups in total. The van der Waals surface area contributed by atoms with Crippen LogP contribution in [0.5, 0.6) is 0 Å². The van der Waals surface area contributed by atoms with Gasteiger partial charge in [-0.3, -0.25) is 0 Å². The second-order valence-corrected chi connectivity index (χ2v) is 4.27. The Labute approximate surface area is 87.9 Å². The Hall–Kier alpha value is -0.630. The van der Waals surface area contributed by atoms with Gasteiger partial charge >= 0.3 is 0 Å². The van der Waals surface area contributed by atoms with Gasteiger partial charge in [-0.1, -0.05) is 0 Å². The first kappa shape index (κ1) is 11.4. The van der Waals surface area contributed by atoms with Crippen LogP contribution in [0.15, 0.2) is 12.1 Å². The number of hydrogen-bond acceptors (Lipinski definition) is 0. The van der Waals surface area contributed by atoms with Crippen molar-refractivity contribution < 1.29 is 8.78 Å². The number of halogens is 3. The van der Waals surface area contributed by atoms with Crippen LogP contribution in [0, 0.1) is 18.6 Å². The molecule has 0 spiro atoms. The molecule has 0 saturated heterocycles. The molecule has 0 aliphatic heterocycles.